The van der Waals surface area contributed by atoms with Gasteiger partial charge in [0.25, 0.3) is 0 Å². The van der Waals surface area contributed by atoms with Crippen LogP contribution in [-0.2, 0) is 32.7 Å². The molecule has 2 unspecified atom stereocenters. The van der Waals surface area contributed by atoms with Crippen LogP contribution in [-0.4, -0.2) is 42.8 Å². The molecule has 0 bridgehead atoms. The van der Waals surface area contributed by atoms with Crippen molar-refractivity contribution in [2.45, 2.75) is 136 Å². The summed E-state index contributed by atoms with van der Waals surface area (Å²) in [5, 5.41) is 0. The van der Waals surface area contributed by atoms with Crippen LogP contribution in [0.1, 0.15) is 130 Å². The van der Waals surface area contributed by atoms with Crippen LogP contribution in [0.3, 0.4) is 0 Å². The molecular formula is C34H59O8P. The molecule has 0 aliphatic heterocycles. The van der Waals surface area contributed by atoms with E-state index < -0.39 is 32.5 Å². The minimum Gasteiger partial charge on any atom is -0.462 e. The van der Waals surface area contributed by atoms with Crippen LogP contribution in [0, 0.1) is 0 Å². The topological polar surface area (TPSA) is 108 Å². The third-order valence-corrected chi connectivity index (χ3v) is 7.41. The molecule has 0 aliphatic rings. The van der Waals surface area contributed by atoms with Crippen LogP contribution >= 0.6 is 7.82 Å². The summed E-state index contributed by atoms with van der Waals surface area (Å²) in [5.74, 6) is -0.853. The van der Waals surface area contributed by atoms with E-state index in [1.54, 1.807) is 6.92 Å². The number of phosphoric ester groups is 1. The monoisotopic (exact) mass is 626 g/mol. The molecule has 248 valence electrons. The van der Waals surface area contributed by atoms with Gasteiger partial charge in [-0.3, -0.25) is 18.6 Å². The van der Waals surface area contributed by atoms with Crippen LogP contribution in [0.5, 0.6) is 0 Å². The summed E-state index contributed by atoms with van der Waals surface area (Å²) in [7, 11) is -4.28. The quantitative estimate of drug-likeness (QED) is 0.0378. The molecule has 0 aromatic carbocycles. The van der Waals surface area contributed by atoms with Gasteiger partial charge in [0.2, 0.25) is 0 Å². The maximum Gasteiger partial charge on any atom is 0.472 e. The van der Waals surface area contributed by atoms with Gasteiger partial charge in [0, 0.05) is 12.8 Å². The van der Waals surface area contributed by atoms with E-state index in [1.165, 1.54) is 6.42 Å². The van der Waals surface area contributed by atoms with Gasteiger partial charge in [-0.2, -0.15) is 0 Å². The summed E-state index contributed by atoms with van der Waals surface area (Å²) in [6, 6.07) is 0. The number of esters is 2. The highest BCUT2D eigenvalue weighted by molar-refractivity contribution is 7.47. The van der Waals surface area contributed by atoms with Crippen molar-refractivity contribution in [2.24, 2.45) is 0 Å². The first-order valence-corrected chi connectivity index (χ1v) is 17.9. The average Bonchev–Trinajstić information content (AvgIpc) is 2.97. The van der Waals surface area contributed by atoms with E-state index in [-0.39, 0.29) is 26.1 Å². The minimum absolute atomic E-state index is 0.00862. The van der Waals surface area contributed by atoms with Crippen molar-refractivity contribution in [3.05, 3.63) is 48.6 Å². The third-order valence-electron chi connectivity index (χ3n) is 6.35. The average molecular weight is 627 g/mol. The van der Waals surface area contributed by atoms with Crippen molar-refractivity contribution in [1.82, 2.24) is 0 Å². The van der Waals surface area contributed by atoms with E-state index in [0.29, 0.717) is 6.42 Å². The van der Waals surface area contributed by atoms with Gasteiger partial charge in [-0.15, -0.1) is 0 Å². The summed E-state index contributed by atoms with van der Waals surface area (Å²) in [6.45, 7) is 5.20. The Bertz CT molecular complexity index is 849. The molecule has 0 spiro atoms. The number of hydrogen-bond donors (Lipinski definition) is 1. The van der Waals surface area contributed by atoms with Gasteiger partial charge in [-0.25, -0.2) is 4.57 Å². The molecule has 9 heteroatoms. The second-order valence-electron chi connectivity index (χ2n) is 10.4. The predicted octanol–water partition coefficient (Wildman–Crippen LogP) is 9.49. The molecular weight excluding hydrogens is 567 g/mol. The Morgan fingerprint density at radius 3 is 1.84 bits per heavy atom. The zero-order valence-electron chi connectivity index (χ0n) is 27.1. The number of ether oxygens (including phenoxy) is 2. The van der Waals surface area contributed by atoms with Crippen molar-refractivity contribution >= 4 is 19.8 Å². The first-order valence-electron chi connectivity index (χ1n) is 16.4. The minimum atomic E-state index is -4.28. The van der Waals surface area contributed by atoms with Crippen molar-refractivity contribution in [2.75, 3.05) is 19.8 Å². The molecule has 2 atom stereocenters. The van der Waals surface area contributed by atoms with E-state index in [1.807, 2.05) is 0 Å². The lowest BCUT2D eigenvalue weighted by Crippen LogP contribution is -2.29. The number of rotatable bonds is 29. The van der Waals surface area contributed by atoms with Gasteiger partial charge in [0.15, 0.2) is 6.10 Å². The molecule has 0 saturated carbocycles. The Labute approximate surface area is 261 Å². The fourth-order valence-corrected chi connectivity index (χ4v) is 4.75. The Kier molecular flexibility index (Phi) is 28.7. The molecule has 0 radical (unpaired) electrons. The van der Waals surface area contributed by atoms with E-state index in [9.17, 15) is 19.0 Å². The fraction of sp³-hybridized carbons (Fsp3) is 0.706. The van der Waals surface area contributed by atoms with Crippen LogP contribution in [0.4, 0.5) is 0 Å². The number of carbonyl (C=O) groups is 2. The molecule has 0 heterocycles. The molecule has 0 rings (SSSR count). The van der Waals surface area contributed by atoms with Gasteiger partial charge < -0.3 is 14.4 Å². The SMILES string of the molecule is CC/C=C\C/C=C\C/C=C\CCCCCC(=O)OC(COC(=O)CCCCCCC/C=C\CCC)COP(=O)(O)OCC. The predicted molar refractivity (Wildman–Crippen MR) is 175 cm³/mol. The molecule has 1 N–H and O–H groups in total. The number of carbonyl (C=O) groups excluding carboxylic acids is 2. The highest BCUT2D eigenvalue weighted by Gasteiger charge is 2.25. The van der Waals surface area contributed by atoms with Crippen LogP contribution in [0.2, 0.25) is 0 Å². The molecule has 0 fully saturated rings. The Morgan fingerprint density at radius 1 is 0.651 bits per heavy atom. The Morgan fingerprint density at radius 2 is 1.19 bits per heavy atom. The Balaban J connectivity index is 4.31. The number of unbranched alkanes of at least 4 members (excludes halogenated alkanes) is 9. The molecule has 0 aliphatic carbocycles. The zero-order chi connectivity index (χ0) is 31.9. The molecule has 8 nitrogen and oxygen atoms in total. The summed E-state index contributed by atoms with van der Waals surface area (Å²) in [6.07, 6.45) is 31.7. The molecule has 0 amide bonds. The Hall–Kier alpha value is -1.99. The number of phosphoric acid groups is 1. The van der Waals surface area contributed by atoms with Crippen molar-refractivity contribution in [3.63, 3.8) is 0 Å². The molecule has 0 saturated heterocycles. The maximum atomic E-state index is 12.4. The second-order valence-corrected chi connectivity index (χ2v) is 11.9. The molecule has 0 aromatic rings. The van der Waals surface area contributed by atoms with Gasteiger partial charge in [-0.1, -0.05) is 94.6 Å². The van der Waals surface area contributed by atoms with Crippen molar-refractivity contribution < 1.29 is 37.6 Å². The maximum absolute atomic E-state index is 12.4. The first kappa shape index (κ1) is 41.0. The lowest BCUT2D eigenvalue weighted by atomic mass is 10.1. The highest BCUT2D eigenvalue weighted by Crippen LogP contribution is 2.43. The normalized spacial score (nSPS) is 14.2. The van der Waals surface area contributed by atoms with Crippen LogP contribution < -0.4 is 0 Å². The van der Waals surface area contributed by atoms with Crippen LogP contribution in [0.25, 0.3) is 0 Å². The highest BCUT2D eigenvalue weighted by atomic mass is 31.2. The van der Waals surface area contributed by atoms with Gasteiger partial charge in [0.05, 0.1) is 13.2 Å². The smallest absolute Gasteiger partial charge is 0.462 e. The van der Waals surface area contributed by atoms with E-state index in [2.05, 4.69) is 62.5 Å². The lowest BCUT2D eigenvalue weighted by molar-refractivity contribution is -0.161. The van der Waals surface area contributed by atoms with Crippen molar-refractivity contribution in [3.8, 4) is 0 Å². The van der Waals surface area contributed by atoms with Gasteiger partial charge in [-0.05, 0) is 71.1 Å². The lowest BCUT2D eigenvalue weighted by Gasteiger charge is -2.19. The van der Waals surface area contributed by atoms with E-state index in [0.717, 1.165) is 83.5 Å². The fourth-order valence-electron chi connectivity index (χ4n) is 4.00. The van der Waals surface area contributed by atoms with Gasteiger partial charge >= 0.3 is 19.8 Å². The van der Waals surface area contributed by atoms with Crippen molar-refractivity contribution in [1.29, 1.82) is 0 Å². The summed E-state index contributed by atoms with van der Waals surface area (Å²) < 4.78 is 32.3. The van der Waals surface area contributed by atoms with E-state index >= 15 is 0 Å². The number of allylic oxidation sites excluding steroid dienone is 8. The van der Waals surface area contributed by atoms with Crippen LogP contribution in [0.15, 0.2) is 48.6 Å². The van der Waals surface area contributed by atoms with E-state index in [4.69, 9.17) is 18.5 Å². The molecule has 0 aromatic heterocycles. The second kappa shape index (κ2) is 30.1. The summed E-state index contributed by atoms with van der Waals surface area (Å²) >= 11 is 0. The summed E-state index contributed by atoms with van der Waals surface area (Å²) in [4.78, 5) is 34.4. The zero-order valence-corrected chi connectivity index (χ0v) is 28.0. The van der Waals surface area contributed by atoms with Gasteiger partial charge in [0.1, 0.15) is 6.61 Å². The molecule has 43 heavy (non-hydrogen) atoms. The third kappa shape index (κ3) is 29.8. The standard InChI is InChI=1S/C34H59O8P/c1-4-7-9-11-13-15-17-18-19-21-23-25-27-29-34(36)42-32(31-41-43(37,38)40-6-3)30-39-33(35)28-26-24-22-20-16-14-12-10-8-5-2/h7,9-10,12-13,15,18-19,32H,4-6,8,11,14,16-17,20-31H2,1-3H3,(H,37,38)/b9-7-,12-10-,15-13-,19-18-. The largest absolute Gasteiger partial charge is 0.472 e. The summed E-state index contributed by atoms with van der Waals surface area (Å²) in [5.41, 5.74) is 0. The first-order chi connectivity index (χ1) is 20.8. The number of hydrogen-bond acceptors (Lipinski definition) is 7.